The molecule has 0 amide bonds. The van der Waals surface area contributed by atoms with E-state index in [1.165, 1.54) is 18.2 Å². The lowest BCUT2D eigenvalue weighted by molar-refractivity contribution is 0.589. The first-order valence-corrected chi connectivity index (χ1v) is 6.87. The molecular formula is C15H13BrF2. The van der Waals surface area contributed by atoms with Crippen molar-refractivity contribution in [3.05, 3.63) is 71.3 Å². The summed E-state index contributed by atoms with van der Waals surface area (Å²) in [5, 5.41) is 0.672. The van der Waals surface area contributed by atoms with Crippen LogP contribution in [0.25, 0.3) is 0 Å². The van der Waals surface area contributed by atoms with Crippen LogP contribution in [0.1, 0.15) is 17.0 Å². The highest BCUT2D eigenvalue weighted by Crippen LogP contribution is 2.25. The third-order valence-electron chi connectivity index (χ3n) is 2.93. The first kappa shape index (κ1) is 13.2. The largest absolute Gasteiger partial charge is 0.207 e. The maximum atomic E-state index is 13.7. The van der Waals surface area contributed by atoms with Crippen molar-refractivity contribution in [2.75, 3.05) is 5.33 Å². The molecule has 0 aliphatic heterocycles. The third kappa shape index (κ3) is 3.16. The van der Waals surface area contributed by atoms with E-state index in [1.54, 1.807) is 24.3 Å². The van der Waals surface area contributed by atoms with E-state index < -0.39 is 0 Å². The molecule has 0 aliphatic rings. The summed E-state index contributed by atoms with van der Waals surface area (Å²) in [6.07, 6.45) is 0.687. The third-order valence-corrected chi connectivity index (χ3v) is 3.71. The first-order valence-electron chi connectivity index (χ1n) is 5.75. The van der Waals surface area contributed by atoms with E-state index in [2.05, 4.69) is 15.9 Å². The van der Waals surface area contributed by atoms with Crippen molar-refractivity contribution in [3.63, 3.8) is 0 Å². The molecule has 18 heavy (non-hydrogen) atoms. The van der Waals surface area contributed by atoms with Crippen molar-refractivity contribution in [1.82, 2.24) is 0 Å². The number of hydrogen-bond acceptors (Lipinski definition) is 0. The Hall–Kier alpha value is -1.22. The Balaban J connectivity index is 2.20. The van der Waals surface area contributed by atoms with Gasteiger partial charge in [0.2, 0.25) is 0 Å². The van der Waals surface area contributed by atoms with Crippen LogP contribution in [-0.4, -0.2) is 5.33 Å². The van der Waals surface area contributed by atoms with Gasteiger partial charge in [-0.15, -0.1) is 0 Å². The molecule has 0 radical (unpaired) electrons. The summed E-state index contributed by atoms with van der Waals surface area (Å²) in [6, 6.07) is 13.1. The summed E-state index contributed by atoms with van der Waals surface area (Å²) < 4.78 is 26.5. The van der Waals surface area contributed by atoms with Crippen LogP contribution in [-0.2, 0) is 6.42 Å². The molecule has 0 saturated heterocycles. The monoisotopic (exact) mass is 310 g/mol. The summed E-state index contributed by atoms with van der Waals surface area (Å²) in [5.41, 5.74) is 1.70. The van der Waals surface area contributed by atoms with Crippen molar-refractivity contribution >= 4 is 15.9 Å². The fraction of sp³-hybridized carbons (Fsp3) is 0.200. The molecule has 0 aliphatic carbocycles. The van der Waals surface area contributed by atoms with Gasteiger partial charge < -0.3 is 0 Å². The Morgan fingerprint density at radius 2 is 1.61 bits per heavy atom. The predicted octanol–water partition coefficient (Wildman–Crippen LogP) is 4.69. The maximum Gasteiger partial charge on any atom is 0.126 e. The van der Waals surface area contributed by atoms with Gasteiger partial charge in [-0.1, -0.05) is 46.3 Å². The van der Waals surface area contributed by atoms with E-state index in [0.717, 1.165) is 5.56 Å². The summed E-state index contributed by atoms with van der Waals surface area (Å²) in [4.78, 5) is 0. The van der Waals surface area contributed by atoms with Crippen molar-refractivity contribution in [2.24, 2.45) is 0 Å². The standard InChI is InChI=1S/C15H13BrF2/c16-10-12(14-3-1-2-4-15(14)18)9-11-5-7-13(17)8-6-11/h1-8,12H,9-10H2. The molecule has 2 aromatic rings. The summed E-state index contributed by atoms with van der Waals surface area (Å²) in [5.74, 6) is -0.388. The van der Waals surface area contributed by atoms with E-state index >= 15 is 0 Å². The van der Waals surface area contributed by atoms with Crippen LogP contribution in [0.3, 0.4) is 0 Å². The fourth-order valence-corrected chi connectivity index (χ4v) is 2.54. The molecule has 94 valence electrons. The second-order valence-corrected chi connectivity index (χ2v) is 4.85. The summed E-state index contributed by atoms with van der Waals surface area (Å²) in [7, 11) is 0. The molecule has 0 spiro atoms. The van der Waals surface area contributed by atoms with Crippen LogP contribution in [0.4, 0.5) is 8.78 Å². The smallest absolute Gasteiger partial charge is 0.126 e. The SMILES string of the molecule is Fc1ccc(CC(CBr)c2ccccc2F)cc1. The van der Waals surface area contributed by atoms with Crippen LogP contribution >= 0.6 is 15.9 Å². The molecule has 0 aromatic heterocycles. The molecular weight excluding hydrogens is 298 g/mol. The molecule has 1 atom stereocenters. The second kappa shape index (κ2) is 6.10. The highest BCUT2D eigenvalue weighted by molar-refractivity contribution is 9.09. The molecule has 3 heteroatoms. The van der Waals surface area contributed by atoms with Crippen molar-refractivity contribution < 1.29 is 8.78 Å². The summed E-state index contributed by atoms with van der Waals surface area (Å²) in [6.45, 7) is 0. The van der Waals surface area contributed by atoms with Gasteiger partial charge in [0.05, 0.1) is 0 Å². The number of benzene rings is 2. The van der Waals surface area contributed by atoms with Gasteiger partial charge in [-0.3, -0.25) is 0 Å². The molecule has 0 nitrogen and oxygen atoms in total. The Morgan fingerprint density at radius 3 is 2.22 bits per heavy atom. The van der Waals surface area contributed by atoms with Crippen LogP contribution in [0.15, 0.2) is 48.5 Å². The maximum absolute atomic E-state index is 13.7. The van der Waals surface area contributed by atoms with Gasteiger partial charge in [0.25, 0.3) is 0 Å². The molecule has 0 heterocycles. The van der Waals surface area contributed by atoms with E-state index in [4.69, 9.17) is 0 Å². The summed E-state index contributed by atoms with van der Waals surface area (Å²) >= 11 is 3.42. The highest BCUT2D eigenvalue weighted by Gasteiger charge is 2.14. The molecule has 1 unspecified atom stereocenters. The molecule has 0 bridgehead atoms. The number of halogens is 3. The quantitative estimate of drug-likeness (QED) is 0.719. The van der Waals surface area contributed by atoms with Crippen molar-refractivity contribution in [3.8, 4) is 0 Å². The zero-order valence-corrected chi connectivity index (χ0v) is 11.3. The van der Waals surface area contributed by atoms with Gasteiger partial charge in [-0.05, 0) is 35.7 Å². The zero-order chi connectivity index (χ0) is 13.0. The Labute approximate surface area is 114 Å². The van der Waals surface area contributed by atoms with E-state index in [1.807, 2.05) is 6.07 Å². The lowest BCUT2D eigenvalue weighted by atomic mass is 9.93. The van der Waals surface area contributed by atoms with Crippen LogP contribution in [0, 0.1) is 11.6 Å². The Bertz CT molecular complexity index is 508. The Kier molecular flexibility index (Phi) is 4.48. The number of rotatable bonds is 4. The molecule has 0 N–H and O–H groups in total. The van der Waals surface area contributed by atoms with E-state index in [9.17, 15) is 8.78 Å². The van der Waals surface area contributed by atoms with E-state index in [-0.39, 0.29) is 17.6 Å². The fourth-order valence-electron chi connectivity index (χ4n) is 1.96. The van der Waals surface area contributed by atoms with Gasteiger partial charge in [0, 0.05) is 11.2 Å². The second-order valence-electron chi connectivity index (χ2n) is 4.20. The van der Waals surface area contributed by atoms with Gasteiger partial charge in [-0.25, -0.2) is 8.78 Å². The van der Waals surface area contributed by atoms with Crippen LogP contribution in [0.2, 0.25) is 0 Å². The number of hydrogen-bond donors (Lipinski definition) is 0. The molecule has 2 aromatic carbocycles. The average Bonchev–Trinajstić information content (AvgIpc) is 2.39. The normalized spacial score (nSPS) is 12.4. The highest BCUT2D eigenvalue weighted by atomic mass is 79.9. The molecule has 0 fully saturated rings. The zero-order valence-electron chi connectivity index (χ0n) is 9.74. The van der Waals surface area contributed by atoms with Gasteiger partial charge >= 0.3 is 0 Å². The molecule has 0 saturated carbocycles. The number of alkyl halides is 1. The Morgan fingerprint density at radius 1 is 0.944 bits per heavy atom. The molecule has 2 rings (SSSR count). The lowest BCUT2D eigenvalue weighted by Gasteiger charge is -2.15. The van der Waals surface area contributed by atoms with Gasteiger partial charge in [0.1, 0.15) is 11.6 Å². The van der Waals surface area contributed by atoms with Gasteiger partial charge in [0.15, 0.2) is 0 Å². The first-order chi connectivity index (χ1) is 8.70. The minimum Gasteiger partial charge on any atom is -0.207 e. The van der Waals surface area contributed by atoms with Crippen molar-refractivity contribution in [2.45, 2.75) is 12.3 Å². The van der Waals surface area contributed by atoms with Gasteiger partial charge in [-0.2, -0.15) is 0 Å². The topological polar surface area (TPSA) is 0 Å². The van der Waals surface area contributed by atoms with Crippen LogP contribution < -0.4 is 0 Å². The van der Waals surface area contributed by atoms with Crippen molar-refractivity contribution in [1.29, 1.82) is 0 Å². The average molecular weight is 311 g/mol. The predicted molar refractivity (Wildman–Crippen MR) is 73.0 cm³/mol. The minimum atomic E-state index is -0.250. The minimum absolute atomic E-state index is 0.0525. The lowest BCUT2D eigenvalue weighted by Crippen LogP contribution is -2.06. The van der Waals surface area contributed by atoms with E-state index in [0.29, 0.717) is 17.3 Å². The van der Waals surface area contributed by atoms with Crippen LogP contribution in [0.5, 0.6) is 0 Å².